The number of hydrogen-bond acceptors (Lipinski definition) is 4. The highest BCUT2D eigenvalue weighted by atomic mass is 16.4. The van der Waals surface area contributed by atoms with E-state index in [1.54, 1.807) is 0 Å². The van der Waals surface area contributed by atoms with Gasteiger partial charge in [-0.3, -0.25) is 19.7 Å². The maximum absolute atomic E-state index is 11.8. The lowest BCUT2D eigenvalue weighted by atomic mass is 9.79. The molecule has 1 saturated carbocycles. The number of carboxylic acids is 1. The maximum atomic E-state index is 11.8. The number of aliphatic carboxylic acids is 1. The highest BCUT2D eigenvalue weighted by Gasteiger charge is 2.38. The van der Waals surface area contributed by atoms with Crippen molar-refractivity contribution in [1.29, 1.82) is 0 Å². The molecular formula is C12H19N3O5. The molecule has 20 heavy (non-hydrogen) atoms. The summed E-state index contributed by atoms with van der Waals surface area (Å²) in [6, 6.07) is -0.808. The molecule has 0 atom stereocenters. The van der Waals surface area contributed by atoms with E-state index in [1.165, 1.54) is 0 Å². The molecule has 1 aliphatic rings. The van der Waals surface area contributed by atoms with Crippen LogP contribution < -0.4 is 16.4 Å². The molecule has 0 aromatic rings. The van der Waals surface area contributed by atoms with Crippen LogP contribution in [0, 0.1) is 5.41 Å². The molecule has 0 unspecified atom stereocenters. The van der Waals surface area contributed by atoms with Crippen molar-refractivity contribution in [1.82, 2.24) is 10.6 Å². The summed E-state index contributed by atoms with van der Waals surface area (Å²) >= 11 is 0. The molecule has 1 rings (SSSR count). The molecule has 0 radical (unpaired) electrons. The molecule has 8 nitrogen and oxygen atoms in total. The Labute approximate surface area is 116 Å². The smallest absolute Gasteiger partial charge is 0.321 e. The molecule has 4 amide bonds. The summed E-state index contributed by atoms with van der Waals surface area (Å²) in [7, 11) is 0. The second-order valence-electron chi connectivity index (χ2n) is 5.15. The van der Waals surface area contributed by atoms with Gasteiger partial charge in [-0.1, -0.05) is 12.8 Å². The van der Waals surface area contributed by atoms with Crippen molar-refractivity contribution >= 4 is 23.8 Å². The van der Waals surface area contributed by atoms with Crippen LogP contribution in [0.15, 0.2) is 0 Å². The highest BCUT2D eigenvalue weighted by molar-refractivity contribution is 5.96. The van der Waals surface area contributed by atoms with E-state index < -0.39 is 29.2 Å². The molecule has 8 heteroatoms. The third kappa shape index (κ3) is 5.25. The molecule has 112 valence electrons. The molecule has 0 bridgehead atoms. The topological polar surface area (TPSA) is 139 Å². The Balaban J connectivity index is 2.48. The summed E-state index contributed by atoms with van der Waals surface area (Å²) < 4.78 is 0. The van der Waals surface area contributed by atoms with Crippen molar-refractivity contribution in [3.8, 4) is 0 Å². The van der Waals surface area contributed by atoms with Crippen LogP contribution in [0.1, 0.15) is 38.5 Å². The number of nitrogens with one attached hydrogen (secondary N) is 2. The molecule has 0 heterocycles. The number of carbonyl (C=O) groups is 4. The van der Waals surface area contributed by atoms with Crippen molar-refractivity contribution in [2.45, 2.75) is 38.5 Å². The van der Waals surface area contributed by atoms with Gasteiger partial charge in [-0.15, -0.1) is 0 Å². The first kappa shape index (κ1) is 15.9. The Morgan fingerprint density at radius 2 is 1.70 bits per heavy atom. The summed E-state index contributed by atoms with van der Waals surface area (Å²) in [6.07, 6.45) is 3.00. The van der Waals surface area contributed by atoms with Gasteiger partial charge < -0.3 is 16.2 Å². The van der Waals surface area contributed by atoms with E-state index in [4.69, 9.17) is 10.8 Å². The summed E-state index contributed by atoms with van der Waals surface area (Å²) in [5.41, 5.74) is 4.28. The number of imide groups is 1. The Morgan fingerprint density at radius 3 is 2.20 bits per heavy atom. The van der Waals surface area contributed by atoms with Crippen LogP contribution in [0.2, 0.25) is 0 Å². The van der Waals surface area contributed by atoms with Crippen molar-refractivity contribution in [3.63, 3.8) is 0 Å². The van der Waals surface area contributed by atoms with Gasteiger partial charge in [0, 0.05) is 6.42 Å². The zero-order chi connectivity index (χ0) is 15.2. The van der Waals surface area contributed by atoms with Gasteiger partial charge in [0.2, 0.25) is 11.8 Å². The molecule has 5 N–H and O–H groups in total. The number of carbonyl (C=O) groups excluding carboxylic acids is 3. The lowest BCUT2D eigenvalue weighted by molar-refractivity contribution is -0.140. The number of amides is 4. The van der Waals surface area contributed by atoms with Crippen LogP contribution >= 0.6 is 0 Å². The lowest BCUT2D eigenvalue weighted by Gasteiger charge is -2.26. The fourth-order valence-electron chi connectivity index (χ4n) is 2.58. The standard InChI is InChI=1S/C12H19N3O5/c13-8(16)7-14-11(20)15-9(17)5-12(6-10(18)19)3-1-2-4-12/h1-7H2,(H2,13,16)(H,18,19)(H2,14,15,17,20). The predicted octanol–water partition coefficient (Wildman–Crippen LogP) is -0.277. The van der Waals surface area contributed by atoms with Crippen LogP contribution in [0.4, 0.5) is 4.79 Å². The van der Waals surface area contributed by atoms with Crippen LogP contribution in [-0.2, 0) is 14.4 Å². The Bertz CT molecular complexity index is 415. The van der Waals surface area contributed by atoms with E-state index >= 15 is 0 Å². The Kier molecular flexibility index (Phi) is 5.48. The first-order valence-corrected chi connectivity index (χ1v) is 6.41. The van der Waals surface area contributed by atoms with Crippen LogP contribution in [-0.4, -0.2) is 35.5 Å². The second kappa shape index (κ2) is 6.88. The van der Waals surface area contributed by atoms with Crippen LogP contribution in [0.3, 0.4) is 0 Å². The van der Waals surface area contributed by atoms with Gasteiger partial charge >= 0.3 is 12.0 Å². The molecule has 1 aliphatic carbocycles. The Morgan fingerprint density at radius 1 is 1.10 bits per heavy atom. The molecule has 0 aromatic heterocycles. The number of primary amides is 1. The average Bonchev–Trinajstić information content (AvgIpc) is 2.73. The third-order valence-electron chi connectivity index (χ3n) is 3.40. The number of carboxylic acid groups (broad SMARTS) is 1. The quantitative estimate of drug-likeness (QED) is 0.531. The molecule has 0 aliphatic heterocycles. The first-order valence-electron chi connectivity index (χ1n) is 6.41. The lowest BCUT2D eigenvalue weighted by Crippen LogP contribution is -2.44. The van der Waals surface area contributed by atoms with E-state index in [1.807, 2.05) is 0 Å². The van der Waals surface area contributed by atoms with Gasteiger partial charge in [0.25, 0.3) is 0 Å². The third-order valence-corrected chi connectivity index (χ3v) is 3.40. The fourth-order valence-corrected chi connectivity index (χ4v) is 2.58. The normalized spacial score (nSPS) is 16.4. The molecule has 0 saturated heterocycles. The van der Waals surface area contributed by atoms with Gasteiger partial charge in [0.15, 0.2) is 0 Å². The zero-order valence-corrected chi connectivity index (χ0v) is 11.1. The SMILES string of the molecule is NC(=O)CNC(=O)NC(=O)CC1(CC(=O)O)CCCC1. The minimum Gasteiger partial charge on any atom is -0.481 e. The van der Waals surface area contributed by atoms with E-state index in [-0.39, 0.29) is 19.4 Å². The van der Waals surface area contributed by atoms with Crippen molar-refractivity contribution in [3.05, 3.63) is 0 Å². The molecule has 1 fully saturated rings. The fraction of sp³-hybridized carbons (Fsp3) is 0.667. The number of rotatable bonds is 6. The maximum Gasteiger partial charge on any atom is 0.321 e. The predicted molar refractivity (Wildman–Crippen MR) is 68.5 cm³/mol. The summed E-state index contributed by atoms with van der Waals surface area (Å²) in [5, 5.41) is 13.1. The van der Waals surface area contributed by atoms with Crippen molar-refractivity contribution in [2.24, 2.45) is 11.1 Å². The number of nitrogens with two attached hydrogens (primary N) is 1. The highest BCUT2D eigenvalue weighted by Crippen LogP contribution is 2.43. The second-order valence-corrected chi connectivity index (χ2v) is 5.15. The van der Waals surface area contributed by atoms with Crippen molar-refractivity contribution < 1.29 is 24.3 Å². The van der Waals surface area contributed by atoms with Crippen molar-refractivity contribution in [2.75, 3.05) is 6.54 Å². The number of urea groups is 1. The van der Waals surface area contributed by atoms with Gasteiger partial charge in [0.05, 0.1) is 13.0 Å². The molecule has 0 spiro atoms. The zero-order valence-electron chi connectivity index (χ0n) is 11.1. The minimum atomic E-state index is -0.946. The van der Waals surface area contributed by atoms with E-state index in [0.717, 1.165) is 12.8 Å². The largest absolute Gasteiger partial charge is 0.481 e. The minimum absolute atomic E-state index is 0.0106. The monoisotopic (exact) mass is 285 g/mol. The van der Waals surface area contributed by atoms with Gasteiger partial charge in [-0.25, -0.2) is 4.79 Å². The average molecular weight is 285 g/mol. The summed E-state index contributed by atoms with van der Waals surface area (Å²) in [5.74, 6) is -2.21. The van der Waals surface area contributed by atoms with Gasteiger partial charge in [-0.2, -0.15) is 0 Å². The Hall–Kier alpha value is -2.12. The van der Waals surface area contributed by atoms with E-state index in [2.05, 4.69) is 10.6 Å². The van der Waals surface area contributed by atoms with Crippen LogP contribution in [0.5, 0.6) is 0 Å². The number of hydrogen-bond donors (Lipinski definition) is 4. The van der Waals surface area contributed by atoms with Gasteiger partial charge in [0.1, 0.15) is 0 Å². The van der Waals surface area contributed by atoms with Gasteiger partial charge in [-0.05, 0) is 18.3 Å². The molecule has 0 aromatic carbocycles. The summed E-state index contributed by atoms with van der Waals surface area (Å²) in [6.45, 7) is -0.362. The summed E-state index contributed by atoms with van der Waals surface area (Å²) in [4.78, 5) is 44.4. The van der Waals surface area contributed by atoms with Crippen LogP contribution in [0.25, 0.3) is 0 Å². The first-order chi connectivity index (χ1) is 9.33. The van der Waals surface area contributed by atoms with E-state index in [0.29, 0.717) is 12.8 Å². The molecular weight excluding hydrogens is 266 g/mol. The van der Waals surface area contributed by atoms with E-state index in [9.17, 15) is 19.2 Å².